The summed E-state index contributed by atoms with van der Waals surface area (Å²) in [6.45, 7) is 7.52. The second-order valence-electron chi connectivity index (χ2n) is 6.21. The summed E-state index contributed by atoms with van der Waals surface area (Å²) in [7, 11) is 0. The highest BCUT2D eigenvalue weighted by molar-refractivity contribution is 5.96. The van der Waals surface area contributed by atoms with Gasteiger partial charge in [-0.15, -0.1) is 0 Å². The fraction of sp³-hybridized carbons (Fsp3) is 0.375. The third-order valence-electron chi connectivity index (χ3n) is 3.04. The lowest BCUT2D eigenvalue weighted by Crippen LogP contribution is -2.28. The van der Waals surface area contributed by atoms with Gasteiger partial charge in [0.1, 0.15) is 0 Å². The first-order valence-corrected chi connectivity index (χ1v) is 7.24. The molecule has 2 rings (SSSR count). The normalized spacial score (nSPS) is 11.1. The largest absolute Gasteiger partial charge is 0.339 e. The van der Waals surface area contributed by atoms with Crippen LogP contribution < -0.4 is 10.6 Å². The highest BCUT2D eigenvalue weighted by Crippen LogP contribution is 2.19. The molecule has 23 heavy (non-hydrogen) atoms. The van der Waals surface area contributed by atoms with Crippen molar-refractivity contribution in [2.75, 3.05) is 5.32 Å². The number of urea groups is 1. The number of hydrogen-bond donors (Lipinski definition) is 2. The molecule has 0 atom stereocenters. The Bertz CT molecular complexity index is 716. The molecule has 0 aliphatic rings. The average Bonchev–Trinajstić information content (AvgIpc) is 2.94. The lowest BCUT2D eigenvalue weighted by Gasteiger charge is -2.10. The molecule has 0 bridgehead atoms. The van der Waals surface area contributed by atoms with Crippen LogP contribution in [0, 0.1) is 0 Å². The molecule has 1 aromatic carbocycles. The molecule has 2 N–H and O–H groups in total. The number of hydrogen-bond acceptors (Lipinski definition) is 5. The van der Waals surface area contributed by atoms with E-state index in [1.54, 1.807) is 24.3 Å². The van der Waals surface area contributed by atoms with Crippen LogP contribution in [0.15, 0.2) is 28.8 Å². The van der Waals surface area contributed by atoms with Gasteiger partial charge in [0, 0.05) is 16.7 Å². The minimum Gasteiger partial charge on any atom is -0.339 e. The van der Waals surface area contributed by atoms with Gasteiger partial charge in [0.2, 0.25) is 5.89 Å². The van der Waals surface area contributed by atoms with E-state index in [0.717, 1.165) is 0 Å². The van der Waals surface area contributed by atoms with E-state index in [-0.39, 0.29) is 17.7 Å². The second kappa shape index (κ2) is 6.60. The number of Topliss-reactive ketones (excluding diaryl/α,β-unsaturated/α-hetero) is 1. The summed E-state index contributed by atoms with van der Waals surface area (Å²) in [5, 5.41) is 9.12. The van der Waals surface area contributed by atoms with Crippen LogP contribution >= 0.6 is 0 Å². The Kier molecular flexibility index (Phi) is 4.78. The van der Waals surface area contributed by atoms with Gasteiger partial charge >= 0.3 is 6.03 Å². The highest BCUT2D eigenvalue weighted by atomic mass is 16.5. The Hall–Kier alpha value is -2.70. The lowest BCUT2D eigenvalue weighted by molar-refractivity contribution is 0.101. The molecule has 2 amide bonds. The van der Waals surface area contributed by atoms with Crippen LogP contribution in [0.5, 0.6) is 0 Å². The molecule has 1 aromatic heterocycles. The number of carbonyl (C=O) groups is 2. The average molecular weight is 316 g/mol. The molecule has 0 saturated carbocycles. The third kappa shape index (κ3) is 4.64. The highest BCUT2D eigenvalue weighted by Gasteiger charge is 2.21. The van der Waals surface area contributed by atoms with Crippen LogP contribution in [0.3, 0.4) is 0 Å². The predicted octanol–water partition coefficient (Wildman–Crippen LogP) is 2.89. The lowest BCUT2D eigenvalue weighted by atomic mass is 9.97. The van der Waals surface area contributed by atoms with Crippen molar-refractivity contribution in [2.45, 2.75) is 39.7 Å². The van der Waals surface area contributed by atoms with Crippen molar-refractivity contribution in [2.24, 2.45) is 0 Å². The fourth-order valence-corrected chi connectivity index (χ4v) is 1.78. The van der Waals surface area contributed by atoms with Gasteiger partial charge in [0.05, 0.1) is 6.54 Å². The molecule has 0 saturated heterocycles. The van der Waals surface area contributed by atoms with Crippen LogP contribution in [0.1, 0.15) is 49.8 Å². The van der Waals surface area contributed by atoms with Crippen LogP contribution in [0.4, 0.5) is 10.5 Å². The Balaban J connectivity index is 1.91. The first-order valence-electron chi connectivity index (χ1n) is 7.24. The van der Waals surface area contributed by atoms with E-state index >= 15 is 0 Å². The van der Waals surface area contributed by atoms with Crippen molar-refractivity contribution in [1.29, 1.82) is 0 Å². The zero-order chi connectivity index (χ0) is 17.0. The van der Waals surface area contributed by atoms with Crippen molar-refractivity contribution in [1.82, 2.24) is 15.5 Å². The number of rotatable bonds is 4. The van der Waals surface area contributed by atoms with Gasteiger partial charge in [-0.2, -0.15) is 4.98 Å². The van der Waals surface area contributed by atoms with Crippen molar-refractivity contribution in [3.8, 4) is 0 Å². The Labute approximate surface area is 134 Å². The molecule has 0 aliphatic heterocycles. The molecular formula is C16H20N4O3. The van der Waals surface area contributed by atoms with Gasteiger partial charge < -0.3 is 15.2 Å². The Morgan fingerprint density at radius 2 is 2.00 bits per heavy atom. The maximum atomic E-state index is 11.9. The summed E-state index contributed by atoms with van der Waals surface area (Å²) in [6, 6.07) is 6.32. The molecule has 0 fully saturated rings. The van der Waals surface area contributed by atoms with E-state index in [0.29, 0.717) is 23.0 Å². The molecule has 2 aromatic rings. The molecule has 0 spiro atoms. The van der Waals surface area contributed by atoms with Crippen molar-refractivity contribution < 1.29 is 14.1 Å². The minimum absolute atomic E-state index is 0.0597. The maximum Gasteiger partial charge on any atom is 0.319 e. The van der Waals surface area contributed by atoms with Crippen molar-refractivity contribution in [3.05, 3.63) is 41.5 Å². The Morgan fingerprint density at radius 3 is 2.61 bits per heavy atom. The van der Waals surface area contributed by atoms with E-state index in [9.17, 15) is 9.59 Å². The minimum atomic E-state index is -0.409. The number of nitrogens with one attached hydrogen (secondary N) is 2. The zero-order valence-electron chi connectivity index (χ0n) is 13.6. The molecule has 1 heterocycles. The smallest absolute Gasteiger partial charge is 0.319 e. The topological polar surface area (TPSA) is 97.1 Å². The van der Waals surface area contributed by atoms with Gasteiger partial charge in [-0.3, -0.25) is 4.79 Å². The SMILES string of the molecule is CC(=O)c1cccc(NC(=O)NCc2noc(C(C)(C)C)n2)c1. The fourth-order valence-electron chi connectivity index (χ4n) is 1.78. The quantitative estimate of drug-likeness (QED) is 0.845. The van der Waals surface area contributed by atoms with Gasteiger partial charge in [0.15, 0.2) is 11.6 Å². The van der Waals surface area contributed by atoms with E-state index < -0.39 is 6.03 Å². The van der Waals surface area contributed by atoms with Crippen molar-refractivity contribution in [3.63, 3.8) is 0 Å². The van der Waals surface area contributed by atoms with E-state index in [2.05, 4.69) is 20.8 Å². The summed E-state index contributed by atoms with van der Waals surface area (Å²) >= 11 is 0. The summed E-state index contributed by atoms with van der Waals surface area (Å²) in [4.78, 5) is 27.4. The first kappa shape index (κ1) is 16.7. The number of nitrogens with zero attached hydrogens (tertiary/aromatic N) is 2. The molecule has 7 heteroatoms. The number of anilines is 1. The van der Waals surface area contributed by atoms with Crippen LogP contribution in [-0.4, -0.2) is 22.0 Å². The second-order valence-corrected chi connectivity index (χ2v) is 6.21. The molecule has 7 nitrogen and oxygen atoms in total. The summed E-state index contributed by atoms with van der Waals surface area (Å²) < 4.78 is 5.15. The molecule has 0 radical (unpaired) electrons. The van der Waals surface area contributed by atoms with Gasteiger partial charge in [-0.05, 0) is 19.1 Å². The van der Waals surface area contributed by atoms with Gasteiger partial charge in [-0.25, -0.2) is 4.79 Å². The predicted molar refractivity (Wildman–Crippen MR) is 85.3 cm³/mol. The number of carbonyl (C=O) groups excluding carboxylic acids is 2. The van der Waals surface area contributed by atoms with E-state index in [1.165, 1.54) is 6.92 Å². The standard InChI is InChI=1S/C16H20N4O3/c1-10(21)11-6-5-7-12(8-11)18-15(22)17-9-13-19-14(23-20-13)16(2,3)4/h5-8H,9H2,1-4H3,(H2,17,18,22). The van der Waals surface area contributed by atoms with E-state index in [4.69, 9.17) is 4.52 Å². The molecular weight excluding hydrogens is 296 g/mol. The third-order valence-corrected chi connectivity index (χ3v) is 3.04. The van der Waals surface area contributed by atoms with Gasteiger partial charge in [-0.1, -0.05) is 38.1 Å². The Morgan fingerprint density at radius 1 is 1.26 bits per heavy atom. The number of ketones is 1. The maximum absolute atomic E-state index is 11.9. The van der Waals surface area contributed by atoms with Crippen LogP contribution in [0.2, 0.25) is 0 Å². The first-order chi connectivity index (χ1) is 10.8. The van der Waals surface area contributed by atoms with Crippen molar-refractivity contribution >= 4 is 17.5 Å². The summed E-state index contributed by atoms with van der Waals surface area (Å²) in [5.41, 5.74) is 0.843. The van der Waals surface area contributed by atoms with E-state index in [1.807, 2.05) is 20.8 Å². The van der Waals surface area contributed by atoms with Gasteiger partial charge in [0.25, 0.3) is 0 Å². The zero-order valence-corrected chi connectivity index (χ0v) is 13.6. The monoisotopic (exact) mass is 316 g/mol. The molecule has 122 valence electrons. The number of aromatic nitrogens is 2. The summed E-state index contributed by atoms with van der Waals surface area (Å²) in [6.07, 6.45) is 0. The summed E-state index contributed by atoms with van der Waals surface area (Å²) in [5.74, 6) is 0.863. The molecule has 0 unspecified atom stereocenters. The number of benzene rings is 1. The number of amides is 2. The van der Waals surface area contributed by atoms with Crippen LogP contribution in [-0.2, 0) is 12.0 Å². The van der Waals surface area contributed by atoms with Crippen LogP contribution in [0.25, 0.3) is 0 Å². The molecule has 0 aliphatic carbocycles.